The molecule has 90 valence electrons. The molecule has 16 heavy (non-hydrogen) atoms. The summed E-state index contributed by atoms with van der Waals surface area (Å²) in [5.41, 5.74) is 0. The van der Waals surface area contributed by atoms with Crippen LogP contribution >= 0.6 is 23.1 Å². The van der Waals surface area contributed by atoms with E-state index < -0.39 is 0 Å². The minimum Gasteiger partial charge on any atom is -0.314 e. The van der Waals surface area contributed by atoms with E-state index in [-0.39, 0.29) is 0 Å². The van der Waals surface area contributed by atoms with E-state index in [0.29, 0.717) is 11.3 Å². The van der Waals surface area contributed by atoms with Gasteiger partial charge in [0.2, 0.25) is 0 Å². The molecule has 3 atom stereocenters. The number of aryl methyl sites for hydroxylation is 1. The molecule has 1 aromatic rings. The lowest BCUT2D eigenvalue weighted by atomic mass is 10.1. The number of rotatable bonds is 4. The van der Waals surface area contributed by atoms with E-state index in [9.17, 15) is 0 Å². The first-order valence-corrected chi connectivity index (χ1v) is 7.60. The summed E-state index contributed by atoms with van der Waals surface area (Å²) in [6.45, 7) is 7.62. The highest BCUT2D eigenvalue weighted by Gasteiger charge is 2.33. The molecule has 3 nitrogen and oxygen atoms in total. The summed E-state index contributed by atoms with van der Waals surface area (Å²) >= 11 is 3.63. The molecular formula is C11H19N3S2. The zero-order valence-corrected chi connectivity index (χ0v) is 11.7. The number of thioether (sulfide) groups is 1. The Kier molecular flexibility index (Phi) is 4.21. The zero-order chi connectivity index (χ0) is 11.5. The maximum Gasteiger partial charge on any atom is 0.174 e. The first-order valence-electron chi connectivity index (χ1n) is 5.91. The Morgan fingerprint density at radius 2 is 2.25 bits per heavy atom. The van der Waals surface area contributed by atoms with Crippen LogP contribution in [0.25, 0.3) is 0 Å². The molecule has 0 saturated heterocycles. The molecule has 2 rings (SSSR count). The maximum atomic E-state index is 4.20. The standard InChI is InChI=1S/C11H19N3S2/c1-4-12-9-5-6-10(7(9)2)16-11-14-13-8(3)15-11/h7,9-10,12H,4-6H2,1-3H3. The molecule has 0 radical (unpaired) electrons. The zero-order valence-electron chi connectivity index (χ0n) is 10.1. The third kappa shape index (κ3) is 2.76. The van der Waals surface area contributed by atoms with E-state index in [1.165, 1.54) is 12.8 Å². The van der Waals surface area contributed by atoms with Gasteiger partial charge >= 0.3 is 0 Å². The lowest BCUT2D eigenvalue weighted by Gasteiger charge is -2.19. The van der Waals surface area contributed by atoms with Crippen LogP contribution in [0, 0.1) is 12.8 Å². The SMILES string of the molecule is CCNC1CCC(Sc2nnc(C)s2)C1C. The molecule has 0 bridgehead atoms. The van der Waals surface area contributed by atoms with Crippen molar-refractivity contribution in [1.29, 1.82) is 0 Å². The van der Waals surface area contributed by atoms with Gasteiger partial charge in [-0.2, -0.15) is 0 Å². The first-order chi connectivity index (χ1) is 7.70. The summed E-state index contributed by atoms with van der Waals surface area (Å²) in [7, 11) is 0. The van der Waals surface area contributed by atoms with Gasteiger partial charge in [0, 0.05) is 11.3 Å². The van der Waals surface area contributed by atoms with Crippen molar-refractivity contribution in [3.05, 3.63) is 5.01 Å². The van der Waals surface area contributed by atoms with Gasteiger partial charge in [-0.05, 0) is 32.2 Å². The summed E-state index contributed by atoms with van der Waals surface area (Å²) in [4.78, 5) is 0. The number of hydrogen-bond donors (Lipinski definition) is 1. The van der Waals surface area contributed by atoms with Crippen LogP contribution in [-0.4, -0.2) is 28.0 Å². The molecule has 0 aliphatic heterocycles. The monoisotopic (exact) mass is 257 g/mol. The van der Waals surface area contributed by atoms with Gasteiger partial charge < -0.3 is 5.32 Å². The Labute approximate surface area is 105 Å². The van der Waals surface area contributed by atoms with E-state index in [1.807, 2.05) is 18.7 Å². The topological polar surface area (TPSA) is 37.8 Å². The van der Waals surface area contributed by atoms with Crippen LogP contribution < -0.4 is 5.32 Å². The summed E-state index contributed by atoms with van der Waals surface area (Å²) in [6, 6.07) is 0.691. The predicted octanol–water partition coefficient (Wildman–Crippen LogP) is 2.72. The van der Waals surface area contributed by atoms with Gasteiger partial charge in [-0.3, -0.25) is 0 Å². The van der Waals surface area contributed by atoms with Gasteiger partial charge in [-0.1, -0.05) is 36.9 Å². The third-order valence-electron chi connectivity index (χ3n) is 3.21. The Hall–Kier alpha value is -0.130. The van der Waals surface area contributed by atoms with Crippen molar-refractivity contribution < 1.29 is 0 Å². The van der Waals surface area contributed by atoms with Crippen molar-refractivity contribution in [2.24, 2.45) is 5.92 Å². The number of nitrogens with zero attached hydrogens (tertiary/aromatic N) is 2. The first kappa shape index (κ1) is 12.3. The Bertz CT molecular complexity index is 340. The van der Waals surface area contributed by atoms with Crippen LogP contribution in [0.1, 0.15) is 31.7 Å². The Morgan fingerprint density at radius 1 is 1.44 bits per heavy atom. The molecule has 1 heterocycles. The van der Waals surface area contributed by atoms with E-state index >= 15 is 0 Å². The van der Waals surface area contributed by atoms with Gasteiger partial charge in [-0.25, -0.2) is 0 Å². The second kappa shape index (κ2) is 5.47. The normalized spacial score (nSPS) is 29.8. The lowest BCUT2D eigenvalue weighted by Crippen LogP contribution is -2.32. The fourth-order valence-electron chi connectivity index (χ4n) is 2.30. The van der Waals surface area contributed by atoms with Crippen molar-refractivity contribution in [2.45, 2.75) is 49.2 Å². The molecule has 1 saturated carbocycles. The van der Waals surface area contributed by atoms with E-state index in [0.717, 1.165) is 21.8 Å². The molecule has 1 aliphatic carbocycles. The minimum atomic E-state index is 0.691. The van der Waals surface area contributed by atoms with E-state index in [1.54, 1.807) is 11.3 Å². The van der Waals surface area contributed by atoms with Crippen molar-refractivity contribution in [3.63, 3.8) is 0 Å². The summed E-state index contributed by atoms with van der Waals surface area (Å²) in [5, 5.41) is 13.6. The summed E-state index contributed by atoms with van der Waals surface area (Å²) in [6.07, 6.45) is 2.59. The lowest BCUT2D eigenvalue weighted by molar-refractivity contribution is 0.441. The molecule has 0 aromatic carbocycles. The minimum absolute atomic E-state index is 0.691. The molecule has 1 aromatic heterocycles. The van der Waals surface area contributed by atoms with Crippen molar-refractivity contribution in [2.75, 3.05) is 6.54 Å². The second-order valence-corrected chi connectivity index (χ2v) is 7.01. The summed E-state index contributed by atoms with van der Waals surface area (Å²) < 4.78 is 1.13. The fourth-order valence-corrected chi connectivity index (χ4v) is 4.65. The van der Waals surface area contributed by atoms with E-state index in [2.05, 4.69) is 29.4 Å². The van der Waals surface area contributed by atoms with Gasteiger partial charge in [0.25, 0.3) is 0 Å². The van der Waals surface area contributed by atoms with Crippen molar-refractivity contribution in [3.8, 4) is 0 Å². The van der Waals surface area contributed by atoms with Crippen LogP contribution in [-0.2, 0) is 0 Å². The predicted molar refractivity (Wildman–Crippen MR) is 70.2 cm³/mol. The van der Waals surface area contributed by atoms with Gasteiger partial charge in [0.1, 0.15) is 5.01 Å². The maximum absolute atomic E-state index is 4.20. The average molecular weight is 257 g/mol. The molecule has 5 heteroatoms. The Morgan fingerprint density at radius 3 is 2.88 bits per heavy atom. The van der Waals surface area contributed by atoms with Crippen LogP contribution in [0.5, 0.6) is 0 Å². The summed E-state index contributed by atoms with van der Waals surface area (Å²) in [5.74, 6) is 0.731. The number of nitrogens with one attached hydrogen (secondary N) is 1. The molecule has 1 N–H and O–H groups in total. The van der Waals surface area contributed by atoms with Gasteiger partial charge in [0.05, 0.1) is 0 Å². The molecule has 1 aliphatic rings. The fraction of sp³-hybridized carbons (Fsp3) is 0.818. The number of aromatic nitrogens is 2. The molecule has 1 fully saturated rings. The van der Waals surface area contributed by atoms with E-state index in [4.69, 9.17) is 0 Å². The molecule has 3 unspecified atom stereocenters. The highest BCUT2D eigenvalue weighted by molar-refractivity contribution is 8.01. The quantitative estimate of drug-likeness (QED) is 0.900. The second-order valence-electron chi connectivity index (χ2n) is 4.34. The van der Waals surface area contributed by atoms with Gasteiger partial charge in [0.15, 0.2) is 4.34 Å². The van der Waals surface area contributed by atoms with Crippen LogP contribution in [0.15, 0.2) is 4.34 Å². The molecular weight excluding hydrogens is 238 g/mol. The van der Waals surface area contributed by atoms with Crippen LogP contribution in [0.3, 0.4) is 0 Å². The number of hydrogen-bond acceptors (Lipinski definition) is 5. The van der Waals surface area contributed by atoms with Gasteiger partial charge in [-0.15, -0.1) is 10.2 Å². The van der Waals surface area contributed by atoms with Crippen molar-refractivity contribution in [1.82, 2.24) is 15.5 Å². The van der Waals surface area contributed by atoms with Crippen molar-refractivity contribution >= 4 is 23.1 Å². The molecule has 0 spiro atoms. The highest BCUT2D eigenvalue weighted by Crippen LogP contribution is 2.39. The largest absolute Gasteiger partial charge is 0.314 e. The average Bonchev–Trinajstić information content (AvgIpc) is 2.80. The smallest absolute Gasteiger partial charge is 0.174 e. The Balaban J connectivity index is 1.92. The third-order valence-corrected chi connectivity index (χ3v) is 5.63. The molecule has 0 amide bonds. The van der Waals surface area contributed by atoms with Crippen LogP contribution in [0.2, 0.25) is 0 Å². The van der Waals surface area contributed by atoms with Crippen LogP contribution in [0.4, 0.5) is 0 Å². The highest BCUT2D eigenvalue weighted by atomic mass is 32.2.